The summed E-state index contributed by atoms with van der Waals surface area (Å²) in [5.74, 6) is 0.335. The average Bonchev–Trinajstić information content (AvgIpc) is 3.24. The van der Waals surface area contributed by atoms with Crippen LogP contribution in [0, 0.1) is 0 Å². The van der Waals surface area contributed by atoms with Crippen molar-refractivity contribution in [1.82, 2.24) is 10.9 Å². The monoisotopic (exact) mass is 439 g/mol. The number of anilines is 1. The fourth-order valence-corrected chi connectivity index (χ4v) is 3.40. The number of ether oxygens (including phenoxy) is 2. The number of unbranched alkanes of at least 4 members (excludes halogenated alkanes) is 1. The molecule has 0 radical (unpaired) electrons. The predicted octanol–water partition coefficient (Wildman–Crippen LogP) is 3.00. The van der Waals surface area contributed by atoms with E-state index < -0.39 is 5.91 Å². The highest BCUT2D eigenvalue weighted by Gasteiger charge is 2.21. The van der Waals surface area contributed by atoms with Crippen LogP contribution in [0.15, 0.2) is 42.5 Å². The SMILES string of the molecule is CCCCOc1ccc(C(=O)NNC(=O)Cc2ccc(N3CCCC3=O)cc2)cc1OC. The number of rotatable bonds is 9. The maximum Gasteiger partial charge on any atom is 0.269 e. The van der Waals surface area contributed by atoms with Crippen LogP contribution in [0.25, 0.3) is 0 Å². The first-order chi connectivity index (χ1) is 15.5. The number of hydrazine groups is 1. The highest BCUT2D eigenvalue weighted by atomic mass is 16.5. The molecule has 1 fully saturated rings. The molecule has 3 rings (SSSR count). The quantitative estimate of drug-likeness (QED) is 0.463. The Balaban J connectivity index is 1.51. The van der Waals surface area contributed by atoms with E-state index in [-0.39, 0.29) is 18.2 Å². The van der Waals surface area contributed by atoms with Crippen LogP contribution >= 0.6 is 0 Å². The summed E-state index contributed by atoms with van der Waals surface area (Å²) in [5, 5.41) is 0. The second-order valence-electron chi connectivity index (χ2n) is 7.56. The van der Waals surface area contributed by atoms with E-state index >= 15 is 0 Å². The molecule has 8 nitrogen and oxygen atoms in total. The van der Waals surface area contributed by atoms with E-state index in [1.807, 2.05) is 24.3 Å². The normalized spacial score (nSPS) is 13.1. The first-order valence-corrected chi connectivity index (χ1v) is 10.8. The van der Waals surface area contributed by atoms with Gasteiger partial charge in [0.1, 0.15) is 0 Å². The number of nitrogens with one attached hydrogen (secondary N) is 2. The van der Waals surface area contributed by atoms with Crippen LogP contribution in [0.3, 0.4) is 0 Å². The molecule has 0 aliphatic carbocycles. The number of methoxy groups -OCH3 is 1. The van der Waals surface area contributed by atoms with Crippen molar-refractivity contribution in [2.45, 2.75) is 39.0 Å². The number of hydrogen-bond donors (Lipinski definition) is 2. The van der Waals surface area contributed by atoms with E-state index in [4.69, 9.17) is 9.47 Å². The molecule has 170 valence electrons. The van der Waals surface area contributed by atoms with Gasteiger partial charge in [0, 0.05) is 24.2 Å². The molecule has 1 aliphatic heterocycles. The Kier molecular flexibility index (Phi) is 8.08. The van der Waals surface area contributed by atoms with Crippen molar-refractivity contribution in [2.24, 2.45) is 0 Å². The highest BCUT2D eigenvalue weighted by Crippen LogP contribution is 2.28. The summed E-state index contributed by atoms with van der Waals surface area (Å²) >= 11 is 0. The Morgan fingerprint density at radius 1 is 1.06 bits per heavy atom. The summed E-state index contributed by atoms with van der Waals surface area (Å²) in [7, 11) is 1.51. The summed E-state index contributed by atoms with van der Waals surface area (Å²) in [6.45, 7) is 3.37. The molecule has 2 aromatic rings. The third-order valence-electron chi connectivity index (χ3n) is 5.18. The predicted molar refractivity (Wildman–Crippen MR) is 121 cm³/mol. The minimum atomic E-state index is -0.459. The zero-order chi connectivity index (χ0) is 22.9. The molecule has 1 heterocycles. The second kappa shape index (κ2) is 11.2. The first kappa shape index (κ1) is 23.1. The van der Waals surface area contributed by atoms with Crippen molar-refractivity contribution in [2.75, 3.05) is 25.2 Å². The lowest BCUT2D eigenvalue weighted by molar-refractivity contribution is -0.121. The summed E-state index contributed by atoms with van der Waals surface area (Å²) in [4.78, 5) is 38.2. The van der Waals surface area contributed by atoms with Crippen molar-refractivity contribution in [1.29, 1.82) is 0 Å². The molecule has 32 heavy (non-hydrogen) atoms. The van der Waals surface area contributed by atoms with Crippen LogP contribution in [0.5, 0.6) is 11.5 Å². The molecule has 3 amide bonds. The molecule has 0 unspecified atom stereocenters. The zero-order valence-electron chi connectivity index (χ0n) is 18.5. The fraction of sp³-hybridized carbons (Fsp3) is 0.375. The summed E-state index contributed by atoms with van der Waals surface area (Å²) in [5.41, 5.74) is 6.79. The maximum absolute atomic E-state index is 12.4. The molecule has 0 aromatic heterocycles. The number of carbonyl (C=O) groups is 3. The Morgan fingerprint density at radius 2 is 1.84 bits per heavy atom. The van der Waals surface area contributed by atoms with Crippen molar-refractivity contribution in [3.8, 4) is 11.5 Å². The van der Waals surface area contributed by atoms with Gasteiger partial charge < -0.3 is 14.4 Å². The van der Waals surface area contributed by atoms with Gasteiger partial charge in [-0.1, -0.05) is 25.5 Å². The van der Waals surface area contributed by atoms with Gasteiger partial charge in [-0.25, -0.2) is 0 Å². The molecule has 0 bridgehead atoms. The minimum absolute atomic E-state index is 0.0992. The van der Waals surface area contributed by atoms with Gasteiger partial charge >= 0.3 is 0 Å². The molecular weight excluding hydrogens is 410 g/mol. The molecule has 8 heteroatoms. The van der Waals surface area contributed by atoms with Gasteiger partial charge in [0.2, 0.25) is 11.8 Å². The average molecular weight is 440 g/mol. The lowest BCUT2D eigenvalue weighted by Gasteiger charge is -2.16. The van der Waals surface area contributed by atoms with Gasteiger partial charge in [0.25, 0.3) is 5.91 Å². The number of nitrogens with zero attached hydrogens (tertiary/aromatic N) is 1. The van der Waals surface area contributed by atoms with Crippen LogP contribution < -0.4 is 25.2 Å². The Labute approximate surface area is 187 Å². The van der Waals surface area contributed by atoms with Crippen LogP contribution in [-0.2, 0) is 16.0 Å². The van der Waals surface area contributed by atoms with Crippen LogP contribution in [-0.4, -0.2) is 38.0 Å². The Morgan fingerprint density at radius 3 is 2.50 bits per heavy atom. The number of carbonyl (C=O) groups excluding carboxylic acids is 3. The van der Waals surface area contributed by atoms with Crippen LogP contribution in [0.4, 0.5) is 5.69 Å². The summed E-state index contributed by atoms with van der Waals surface area (Å²) in [6, 6.07) is 12.2. The van der Waals surface area contributed by atoms with Gasteiger partial charge in [-0.15, -0.1) is 0 Å². The fourth-order valence-electron chi connectivity index (χ4n) is 3.40. The van der Waals surface area contributed by atoms with Crippen molar-refractivity contribution < 1.29 is 23.9 Å². The van der Waals surface area contributed by atoms with Gasteiger partial charge in [0.15, 0.2) is 11.5 Å². The van der Waals surface area contributed by atoms with E-state index in [0.29, 0.717) is 30.1 Å². The second-order valence-corrected chi connectivity index (χ2v) is 7.56. The topological polar surface area (TPSA) is 97.0 Å². The van der Waals surface area contributed by atoms with Gasteiger partial charge in [0.05, 0.1) is 20.1 Å². The van der Waals surface area contributed by atoms with E-state index in [9.17, 15) is 14.4 Å². The summed E-state index contributed by atoms with van der Waals surface area (Å²) < 4.78 is 11.0. The molecule has 1 aliphatic rings. The van der Waals surface area contributed by atoms with Crippen molar-refractivity contribution in [3.05, 3.63) is 53.6 Å². The lowest BCUT2D eigenvalue weighted by atomic mass is 10.1. The standard InChI is InChI=1S/C24H29N3O5/c1-3-4-14-32-20-12-9-18(16-21(20)31-2)24(30)26-25-22(28)15-17-7-10-19(11-8-17)27-13-5-6-23(27)29/h7-12,16H,3-6,13-15H2,1-2H3,(H,25,28)(H,26,30). The van der Waals surface area contributed by atoms with Crippen LogP contribution in [0.1, 0.15) is 48.5 Å². The number of amides is 3. The third kappa shape index (κ3) is 6.00. The molecule has 0 spiro atoms. The molecule has 1 saturated heterocycles. The molecule has 0 atom stereocenters. The van der Waals surface area contributed by atoms with E-state index in [1.165, 1.54) is 7.11 Å². The van der Waals surface area contributed by atoms with Gasteiger partial charge in [-0.2, -0.15) is 0 Å². The van der Waals surface area contributed by atoms with Gasteiger partial charge in [-0.3, -0.25) is 25.2 Å². The van der Waals surface area contributed by atoms with E-state index in [1.54, 1.807) is 23.1 Å². The highest BCUT2D eigenvalue weighted by molar-refractivity contribution is 5.96. The first-order valence-electron chi connectivity index (χ1n) is 10.8. The molecule has 2 N–H and O–H groups in total. The largest absolute Gasteiger partial charge is 0.493 e. The number of hydrogen-bond acceptors (Lipinski definition) is 5. The Hall–Kier alpha value is -3.55. The smallest absolute Gasteiger partial charge is 0.269 e. The third-order valence-corrected chi connectivity index (χ3v) is 5.18. The molecular formula is C24H29N3O5. The molecule has 0 saturated carbocycles. The Bertz CT molecular complexity index is 959. The lowest BCUT2D eigenvalue weighted by Crippen LogP contribution is -2.42. The van der Waals surface area contributed by atoms with Gasteiger partial charge in [-0.05, 0) is 48.7 Å². The number of benzene rings is 2. The van der Waals surface area contributed by atoms with Crippen molar-refractivity contribution >= 4 is 23.4 Å². The van der Waals surface area contributed by atoms with E-state index in [2.05, 4.69) is 17.8 Å². The minimum Gasteiger partial charge on any atom is -0.493 e. The summed E-state index contributed by atoms with van der Waals surface area (Å²) in [6.07, 6.45) is 3.48. The van der Waals surface area contributed by atoms with Crippen LogP contribution in [0.2, 0.25) is 0 Å². The maximum atomic E-state index is 12.4. The zero-order valence-corrected chi connectivity index (χ0v) is 18.5. The van der Waals surface area contributed by atoms with Crippen molar-refractivity contribution in [3.63, 3.8) is 0 Å². The van der Waals surface area contributed by atoms with E-state index in [0.717, 1.165) is 37.1 Å². The molecule has 2 aromatic carbocycles.